The fourth-order valence-corrected chi connectivity index (χ4v) is 2.23. The zero-order chi connectivity index (χ0) is 18.8. The topological polar surface area (TPSA) is 94.6 Å². The van der Waals surface area contributed by atoms with Crippen molar-refractivity contribution in [2.75, 3.05) is 39.8 Å². The number of benzene rings is 1. The number of nitrogens with one attached hydrogen (secondary N) is 2. The van der Waals surface area contributed by atoms with Crippen LogP contribution in [-0.4, -0.2) is 50.4 Å². The van der Waals surface area contributed by atoms with E-state index in [0.29, 0.717) is 37.0 Å². The predicted molar refractivity (Wildman–Crippen MR) is 97.7 cm³/mol. The van der Waals surface area contributed by atoms with E-state index < -0.39 is 0 Å². The minimum Gasteiger partial charge on any atom is -0.493 e. The van der Waals surface area contributed by atoms with Crippen LogP contribution >= 0.6 is 0 Å². The SMILES string of the molecule is COCCCNC(=O)c1cnc(NCc2ccc(OC)c(OC)c2)cn1. The third-order valence-corrected chi connectivity index (χ3v) is 3.62. The fourth-order valence-electron chi connectivity index (χ4n) is 2.23. The van der Waals surface area contributed by atoms with Crippen molar-refractivity contribution >= 4 is 11.7 Å². The molecular weight excluding hydrogens is 336 g/mol. The average molecular weight is 360 g/mol. The van der Waals surface area contributed by atoms with Gasteiger partial charge in [-0.3, -0.25) is 4.79 Å². The van der Waals surface area contributed by atoms with Gasteiger partial charge in [-0.1, -0.05) is 6.07 Å². The van der Waals surface area contributed by atoms with Crippen LogP contribution in [0.2, 0.25) is 0 Å². The number of hydrogen-bond acceptors (Lipinski definition) is 7. The Morgan fingerprint density at radius 2 is 1.88 bits per heavy atom. The molecule has 0 saturated heterocycles. The first-order chi connectivity index (χ1) is 12.7. The smallest absolute Gasteiger partial charge is 0.271 e. The number of methoxy groups -OCH3 is 3. The second kappa shape index (κ2) is 10.2. The summed E-state index contributed by atoms with van der Waals surface area (Å²) in [5.74, 6) is 1.67. The molecule has 0 saturated carbocycles. The Morgan fingerprint density at radius 1 is 1.08 bits per heavy atom. The number of nitrogens with zero attached hydrogens (tertiary/aromatic N) is 2. The number of amides is 1. The van der Waals surface area contributed by atoms with Gasteiger partial charge in [-0.2, -0.15) is 0 Å². The van der Waals surface area contributed by atoms with Gasteiger partial charge in [-0.15, -0.1) is 0 Å². The van der Waals surface area contributed by atoms with Crippen LogP contribution in [0.4, 0.5) is 5.82 Å². The van der Waals surface area contributed by atoms with Gasteiger partial charge in [0.25, 0.3) is 5.91 Å². The molecule has 0 radical (unpaired) electrons. The van der Waals surface area contributed by atoms with Gasteiger partial charge in [0.15, 0.2) is 11.5 Å². The minimum absolute atomic E-state index is 0.250. The Morgan fingerprint density at radius 3 is 2.54 bits per heavy atom. The van der Waals surface area contributed by atoms with E-state index in [1.165, 1.54) is 12.4 Å². The van der Waals surface area contributed by atoms with E-state index in [2.05, 4.69) is 20.6 Å². The first-order valence-corrected chi connectivity index (χ1v) is 8.22. The van der Waals surface area contributed by atoms with Crippen LogP contribution in [0.25, 0.3) is 0 Å². The van der Waals surface area contributed by atoms with Gasteiger partial charge >= 0.3 is 0 Å². The van der Waals surface area contributed by atoms with Crippen LogP contribution in [-0.2, 0) is 11.3 Å². The van der Waals surface area contributed by atoms with E-state index in [1.807, 2.05) is 18.2 Å². The summed E-state index contributed by atoms with van der Waals surface area (Å²) in [4.78, 5) is 20.3. The van der Waals surface area contributed by atoms with E-state index in [-0.39, 0.29) is 11.6 Å². The van der Waals surface area contributed by atoms with Crippen LogP contribution in [0.3, 0.4) is 0 Å². The molecular formula is C18H24N4O4. The standard InChI is InChI=1S/C18H24N4O4/c1-24-8-4-7-19-18(23)14-11-22-17(12-20-14)21-10-13-5-6-15(25-2)16(9-13)26-3/h5-6,9,11-12H,4,7-8,10H2,1-3H3,(H,19,23)(H,21,22). The van der Waals surface area contributed by atoms with E-state index in [0.717, 1.165) is 12.0 Å². The van der Waals surface area contributed by atoms with Gasteiger partial charge in [0.05, 0.1) is 26.6 Å². The van der Waals surface area contributed by atoms with Crippen molar-refractivity contribution in [1.82, 2.24) is 15.3 Å². The highest BCUT2D eigenvalue weighted by molar-refractivity contribution is 5.91. The molecule has 0 spiro atoms. The summed E-state index contributed by atoms with van der Waals surface area (Å²) < 4.78 is 15.4. The summed E-state index contributed by atoms with van der Waals surface area (Å²) in [5, 5.41) is 5.92. The van der Waals surface area contributed by atoms with Crippen molar-refractivity contribution in [3.05, 3.63) is 41.9 Å². The number of carbonyl (C=O) groups is 1. The molecule has 26 heavy (non-hydrogen) atoms. The van der Waals surface area contributed by atoms with Gasteiger partial charge in [0, 0.05) is 26.8 Å². The average Bonchev–Trinajstić information content (AvgIpc) is 2.69. The quantitative estimate of drug-likeness (QED) is 0.625. The zero-order valence-electron chi connectivity index (χ0n) is 15.2. The molecule has 0 atom stereocenters. The third-order valence-electron chi connectivity index (χ3n) is 3.62. The largest absolute Gasteiger partial charge is 0.493 e. The molecule has 1 aromatic heterocycles. The molecule has 140 valence electrons. The summed E-state index contributed by atoms with van der Waals surface area (Å²) in [6, 6.07) is 5.67. The van der Waals surface area contributed by atoms with Gasteiger partial charge in [0.2, 0.25) is 0 Å². The van der Waals surface area contributed by atoms with Gasteiger partial charge in [-0.05, 0) is 24.1 Å². The first kappa shape index (κ1) is 19.5. The number of anilines is 1. The van der Waals surface area contributed by atoms with Crippen LogP contribution in [0.1, 0.15) is 22.5 Å². The molecule has 0 unspecified atom stereocenters. The monoisotopic (exact) mass is 360 g/mol. The molecule has 0 bridgehead atoms. The molecule has 0 aliphatic rings. The lowest BCUT2D eigenvalue weighted by atomic mass is 10.2. The Kier molecular flexibility index (Phi) is 7.63. The number of aromatic nitrogens is 2. The Hall–Kier alpha value is -2.87. The highest BCUT2D eigenvalue weighted by Gasteiger charge is 2.08. The summed E-state index contributed by atoms with van der Waals surface area (Å²) in [7, 11) is 4.82. The van der Waals surface area contributed by atoms with Crippen LogP contribution in [0.5, 0.6) is 11.5 Å². The second-order valence-electron chi connectivity index (χ2n) is 5.43. The second-order valence-corrected chi connectivity index (χ2v) is 5.43. The molecule has 0 aliphatic carbocycles. The lowest BCUT2D eigenvalue weighted by Gasteiger charge is -2.10. The Bertz CT molecular complexity index is 707. The first-order valence-electron chi connectivity index (χ1n) is 8.22. The summed E-state index contributed by atoms with van der Waals surface area (Å²) >= 11 is 0. The molecule has 2 aromatic rings. The minimum atomic E-state index is -0.250. The maximum absolute atomic E-state index is 11.9. The van der Waals surface area contributed by atoms with E-state index >= 15 is 0 Å². The van der Waals surface area contributed by atoms with Crippen molar-refractivity contribution in [2.24, 2.45) is 0 Å². The van der Waals surface area contributed by atoms with E-state index in [9.17, 15) is 4.79 Å². The summed E-state index contributed by atoms with van der Waals surface area (Å²) in [5.41, 5.74) is 1.28. The molecule has 1 aromatic carbocycles. The van der Waals surface area contributed by atoms with Crippen molar-refractivity contribution in [1.29, 1.82) is 0 Å². The lowest BCUT2D eigenvalue weighted by Crippen LogP contribution is -2.26. The van der Waals surface area contributed by atoms with E-state index in [1.54, 1.807) is 21.3 Å². The highest BCUT2D eigenvalue weighted by Crippen LogP contribution is 2.27. The Labute approximate surface area is 152 Å². The third kappa shape index (κ3) is 5.59. The maximum atomic E-state index is 11.9. The van der Waals surface area contributed by atoms with Crippen molar-refractivity contribution < 1.29 is 19.0 Å². The number of hydrogen-bond donors (Lipinski definition) is 2. The zero-order valence-corrected chi connectivity index (χ0v) is 15.2. The van der Waals surface area contributed by atoms with Gasteiger partial charge in [-0.25, -0.2) is 9.97 Å². The number of carbonyl (C=O) groups excluding carboxylic acids is 1. The molecule has 0 fully saturated rings. The molecule has 8 heteroatoms. The van der Waals surface area contributed by atoms with Crippen LogP contribution < -0.4 is 20.1 Å². The van der Waals surface area contributed by atoms with Crippen molar-refractivity contribution in [2.45, 2.75) is 13.0 Å². The predicted octanol–water partition coefficient (Wildman–Crippen LogP) is 1.87. The van der Waals surface area contributed by atoms with E-state index in [4.69, 9.17) is 14.2 Å². The summed E-state index contributed by atoms with van der Waals surface area (Å²) in [6.07, 6.45) is 3.73. The van der Waals surface area contributed by atoms with Crippen molar-refractivity contribution in [3.63, 3.8) is 0 Å². The lowest BCUT2D eigenvalue weighted by molar-refractivity contribution is 0.0943. The van der Waals surface area contributed by atoms with Crippen molar-refractivity contribution in [3.8, 4) is 11.5 Å². The molecule has 1 amide bonds. The van der Waals surface area contributed by atoms with Gasteiger partial charge < -0.3 is 24.8 Å². The normalized spacial score (nSPS) is 10.3. The van der Waals surface area contributed by atoms with Gasteiger partial charge in [0.1, 0.15) is 11.5 Å². The molecule has 2 N–H and O–H groups in total. The fraction of sp³-hybridized carbons (Fsp3) is 0.389. The number of ether oxygens (including phenoxy) is 3. The highest BCUT2D eigenvalue weighted by atomic mass is 16.5. The number of rotatable bonds is 10. The van der Waals surface area contributed by atoms with Crippen LogP contribution in [0, 0.1) is 0 Å². The Balaban J connectivity index is 1.88. The molecule has 0 aliphatic heterocycles. The molecule has 2 rings (SSSR count). The summed E-state index contributed by atoms with van der Waals surface area (Å²) in [6.45, 7) is 1.68. The van der Waals surface area contributed by atoms with Crippen LogP contribution in [0.15, 0.2) is 30.6 Å². The maximum Gasteiger partial charge on any atom is 0.271 e. The molecule has 8 nitrogen and oxygen atoms in total. The molecule has 1 heterocycles.